The van der Waals surface area contributed by atoms with Crippen molar-refractivity contribution in [1.82, 2.24) is 5.43 Å². The minimum absolute atomic E-state index is 0.252. The van der Waals surface area contributed by atoms with Gasteiger partial charge in [-0.3, -0.25) is 4.79 Å². The summed E-state index contributed by atoms with van der Waals surface area (Å²) in [5, 5.41) is 6.53. The van der Waals surface area contributed by atoms with Gasteiger partial charge in [-0.25, -0.2) is 5.43 Å². The van der Waals surface area contributed by atoms with Crippen molar-refractivity contribution in [2.45, 2.75) is 6.92 Å². The SMILES string of the molecule is COc1ccc(C(=O)N/N=C(/C)c2ccc3ccccc3c2)cc1. The predicted octanol–water partition coefficient (Wildman–Crippen LogP) is 4.00. The molecule has 0 bridgehead atoms. The highest BCUT2D eigenvalue weighted by molar-refractivity contribution is 6.03. The summed E-state index contributed by atoms with van der Waals surface area (Å²) in [6, 6.07) is 21.2. The first-order chi connectivity index (χ1) is 11.7. The summed E-state index contributed by atoms with van der Waals surface area (Å²) in [5.41, 5.74) is 4.85. The normalized spacial score (nSPS) is 11.3. The van der Waals surface area contributed by atoms with Crippen molar-refractivity contribution in [3.63, 3.8) is 0 Å². The summed E-state index contributed by atoms with van der Waals surface area (Å²) in [6.45, 7) is 1.87. The molecule has 0 saturated carbocycles. The Morgan fingerprint density at radius 1 is 0.917 bits per heavy atom. The summed E-state index contributed by atoms with van der Waals surface area (Å²) >= 11 is 0. The van der Waals surface area contributed by atoms with Crippen molar-refractivity contribution in [1.29, 1.82) is 0 Å². The molecule has 0 heterocycles. The molecule has 4 nitrogen and oxygen atoms in total. The number of benzene rings is 3. The first kappa shape index (κ1) is 15.7. The van der Waals surface area contributed by atoms with Crippen molar-refractivity contribution in [3.8, 4) is 5.75 Å². The van der Waals surface area contributed by atoms with Crippen molar-refractivity contribution in [2.24, 2.45) is 5.10 Å². The Morgan fingerprint density at radius 3 is 2.29 bits per heavy atom. The molecule has 1 amide bonds. The maximum absolute atomic E-state index is 12.1. The zero-order valence-electron chi connectivity index (χ0n) is 13.6. The molecule has 0 unspecified atom stereocenters. The van der Waals surface area contributed by atoms with Gasteiger partial charge in [0.2, 0.25) is 0 Å². The van der Waals surface area contributed by atoms with E-state index in [9.17, 15) is 4.79 Å². The summed E-state index contributed by atoms with van der Waals surface area (Å²) in [5.74, 6) is 0.459. The van der Waals surface area contributed by atoms with Crippen molar-refractivity contribution in [2.75, 3.05) is 7.11 Å². The lowest BCUT2D eigenvalue weighted by atomic mass is 10.0. The van der Waals surface area contributed by atoms with Crippen molar-refractivity contribution >= 4 is 22.4 Å². The van der Waals surface area contributed by atoms with Crippen molar-refractivity contribution in [3.05, 3.63) is 77.9 Å². The van der Waals surface area contributed by atoms with E-state index in [1.165, 1.54) is 5.39 Å². The molecule has 4 heteroatoms. The minimum Gasteiger partial charge on any atom is -0.497 e. The van der Waals surface area contributed by atoms with Gasteiger partial charge in [0, 0.05) is 5.56 Å². The summed E-state index contributed by atoms with van der Waals surface area (Å²) in [7, 11) is 1.59. The fraction of sp³-hybridized carbons (Fsp3) is 0.100. The van der Waals surface area contributed by atoms with E-state index in [4.69, 9.17) is 4.74 Å². The molecule has 0 aliphatic carbocycles. The topological polar surface area (TPSA) is 50.7 Å². The van der Waals surface area contributed by atoms with E-state index in [1.54, 1.807) is 31.4 Å². The maximum Gasteiger partial charge on any atom is 0.271 e. The molecule has 3 rings (SSSR count). The summed E-state index contributed by atoms with van der Waals surface area (Å²) < 4.78 is 5.08. The van der Waals surface area contributed by atoms with Gasteiger partial charge in [0.1, 0.15) is 5.75 Å². The fourth-order valence-corrected chi connectivity index (χ4v) is 2.42. The van der Waals surface area contributed by atoms with Gasteiger partial charge < -0.3 is 4.74 Å². The standard InChI is InChI=1S/C20H18N2O2/c1-14(17-8-7-15-5-3-4-6-18(15)13-17)21-22-20(23)16-9-11-19(24-2)12-10-16/h3-13H,1-2H3,(H,22,23)/b21-14-. The average Bonchev–Trinajstić information content (AvgIpc) is 2.65. The number of hydrazone groups is 1. The molecule has 3 aromatic carbocycles. The molecule has 0 fully saturated rings. The Morgan fingerprint density at radius 2 is 1.58 bits per heavy atom. The molecule has 0 saturated heterocycles. The number of nitrogens with one attached hydrogen (secondary N) is 1. The Hall–Kier alpha value is -3.14. The number of rotatable bonds is 4. The van der Waals surface area contributed by atoms with Gasteiger partial charge in [-0.1, -0.05) is 36.4 Å². The zero-order chi connectivity index (χ0) is 16.9. The highest BCUT2D eigenvalue weighted by Crippen LogP contribution is 2.16. The minimum atomic E-state index is -0.252. The van der Waals surface area contributed by atoms with E-state index in [-0.39, 0.29) is 5.91 Å². The number of amides is 1. The van der Waals surface area contributed by atoms with Crippen LogP contribution in [0, 0.1) is 0 Å². The molecule has 3 aromatic rings. The second-order valence-corrected chi connectivity index (χ2v) is 5.43. The van der Waals surface area contributed by atoms with Crippen LogP contribution in [0.4, 0.5) is 0 Å². The number of hydrogen-bond acceptors (Lipinski definition) is 3. The van der Waals surface area contributed by atoms with Crippen LogP contribution >= 0.6 is 0 Å². The molecule has 0 aromatic heterocycles. The molecule has 0 aliphatic heterocycles. The van der Waals surface area contributed by atoms with E-state index >= 15 is 0 Å². The van der Waals surface area contributed by atoms with Crippen LogP contribution in [0.2, 0.25) is 0 Å². The van der Waals surface area contributed by atoms with Gasteiger partial charge in [0.15, 0.2) is 0 Å². The van der Waals surface area contributed by atoms with Crippen LogP contribution in [0.1, 0.15) is 22.8 Å². The third-order valence-electron chi connectivity index (χ3n) is 3.84. The third-order valence-corrected chi connectivity index (χ3v) is 3.84. The van der Waals surface area contributed by atoms with Crippen LogP contribution in [-0.2, 0) is 0 Å². The van der Waals surface area contributed by atoms with E-state index in [0.717, 1.165) is 16.7 Å². The number of carbonyl (C=O) groups is 1. The molecule has 24 heavy (non-hydrogen) atoms. The molecule has 1 N–H and O–H groups in total. The van der Waals surface area contributed by atoms with Crippen LogP contribution in [0.3, 0.4) is 0 Å². The zero-order valence-corrected chi connectivity index (χ0v) is 13.6. The second-order valence-electron chi connectivity index (χ2n) is 5.43. The smallest absolute Gasteiger partial charge is 0.271 e. The van der Waals surface area contributed by atoms with Crippen molar-refractivity contribution < 1.29 is 9.53 Å². The van der Waals surface area contributed by atoms with E-state index in [2.05, 4.69) is 34.8 Å². The van der Waals surface area contributed by atoms with Crippen LogP contribution in [0.25, 0.3) is 10.8 Å². The van der Waals surface area contributed by atoms with Crippen LogP contribution < -0.4 is 10.2 Å². The van der Waals surface area contributed by atoms with Gasteiger partial charge in [-0.15, -0.1) is 0 Å². The second kappa shape index (κ2) is 6.96. The first-order valence-electron chi connectivity index (χ1n) is 7.65. The number of fused-ring (bicyclic) bond motifs is 1. The molecular formula is C20H18N2O2. The van der Waals surface area contributed by atoms with Crippen LogP contribution in [-0.4, -0.2) is 18.7 Å². The quantitative estimate of drug-likeness (QED) is 0.584. The molecule has 0 spiro atoms. The highest BCUT2D eigenvalue weighted by atomic mass is 16.5. The Balaban J connectivity index is 1.75. The number of ether oxygens (including phenoxy) is 1. The van der Waals surface area contributed by atoms with E-state index in [0.29, 0.717) is 11.3 Å². The Labute approximate surface area is 140 Å². The molecule has 0 aliphatic rings. The monoisotopic (exact) mass is 318 g/mol. The average molecular weight is 318 g/mol. The van der Waals surface area contributed by atoms with Gasteiger partial charge in [-0.05, 0) is 53.6 Å². The predicted molar refractivity (Wildman–Crippen MR) is 96.6 cm³/mol. The number of hydrogen-bond donors (Lipinski definition) is 1. The Bertz CT molecular complexity index is 899. The molecule has 120 valence electrons. The summed E-state index contributed by atoms with van der Waals surface area (Å²) in [4.78, 5) is 12.1. The maximum atomic E-state index is 12.1. The third kappa shape index (κ3) is 3.43. The number of carbonyl (C=O) groups excluding carboxylic acids is 1. The number of methoxy groups -OCH3 is 1. The summed E-state index contributed by atoms with van der Waals surface area (Å²) in [6.07, 6.45) is 0. The van der Waals surface area contributed by atoms with Gasteiger partial charge in [-0.2, -0.15) is 5.10 Å². The highest BCUT2D eigenvalue weighted by Gasteiger charge is 2.05. The first-order valence-corrected chi connectivity index (χ1v) is 7.65. The molecule has 0 radical (unpaired) electrons. The van der Waals surface area contributed by atoms with Gasteiger partial charge in [0.25, 0.3) is 5.91 Å². The largest absolute Gasteiger partial charge is 0.497 e. The van der Waals surface area contributed by atoms with Crippen LogP contribution in [0.15, 0.2) is 71.8 Å². The van der Waals surface area contributed by atoms with E-state index in [1.807, 2.05) is 25.1 Å². The van der Waals surface area contributed by atoms with Gasteiger partial charge >= 0.3 is 0 Å². The lowest BCUT2D eigenvalue weighted by Gasteiger charge is -2.05. The van der Waals surface area contributed by atoms with Gasteiger partial charge in [0.05, 0.1) is 12.8 Å². The molecule has 0 atom stereocenters. The lowest BCUT2D eigenvalue weighted by Crippen LogP contribution is -2.19. The number of nitrogens with zero attached hydrogens (tertiary/aromatic N) is 1. The van der Waals surface area contributed by atoms with Crippen LogP contribution in [0.5, 0.6) is 5.75 Å². The lowest BCUT2D eigenvalue weighted by molar-refractivity contribution is 0.0955. The Kier molecular flexibility index (Phi) is 4.57. The fourth-order valence-electron chi connectivity index (χ4n) is 2.42. The molecular weight excluding hydrogens is 300 g/mol. The van der Waals surface area contributed by atoms with E-state index < -0.39 is 0 Å².